The van der Waals surface area contributed by atoms with Crippen LogP contribution in [0.5, 0.6) is 0 Å². The minimum atomic E-state index is -4.60. The molecule has 1 saturated heterocycles. The van der Waals surface area contributed by atoms with Gasteiger partial charge in [-0.1, -0.05) is 48.0 Å². The normalized spacial score (nSPS) is 19.7. The number of alkyl halides is 3. The highest BCUT2D eigenvalue weighted by atomic mass is 35.5. The Kier molecular flexibility index (Phi) is 6.55. The number of carbonyl (C=O) groups excluding carboxylic acids is 1. The molecule has 1 amide bonds. The van der Waals surface area contributed by atoms with E-state index < -0.39 is 22.7 Å². The fourth-order valence-corrected chi connectivity index (χ4v) is 3.37. The summed E-state index contributed by atoms with van der Waals surface area (Å²) in [7, 11) is 0. The smallest absolute Gasteiger partial charge is 0.347 e. The summed E-state index contributed by atoms with van der Waals surface area (Å²) in [5.41, 5.74) is -0.117. The summed E-state index contributed by atoms with van der Waals surface area (Å²) in [4.78, 5) is 12.5. The summed E-state index contributed by atoms with van der Waals surface area (Å²) in [6.07, 6.45) is -4.60. The van der Waals surface area contributed by atoms with Gasteiger partial charge in [-0.2, -0.15) is 13.2 Å². The third-order valence-electron chi connectivity index (χ3n) is 4.31. The molecule has 2 aromatic carbocycles. The predicted octanol–water partition coefficient (Wildman–Crippen LogP) is 4.27. The Balaban J connectivity index is 0.00000243. The lowest BCUT2D eigenvalue weighted by Crippen LogP contribution is -2.39. The van der Waals surface area contributed by atoms with Crippen LogP contribution in [0, 0.1) is 0 Å². The van der Waals surface area contributed by atoms with E-state index in [1.54, 1.807) is 0 Å². The molecule has 0 saturated carbocycles. The molecule has 0 aromatic heterocycles. The van der Waals surface area contributed by atoms with Crippen molar-refractivity contribution in [2.75, 3.05) is 13.1 Å². The van der Waals surface area contributed by atoms with E-state index in [2.05, 4.69) is 10.6 Å². The first-order valence-corrected chi connectivity index (χ1v) is 8.18. The van der Waals surface area contributed by atoms with Crippen molar-refractivity contribution in [2.45, 2.75) is 18.1 Å². The van der Waals surface area contributed by atoms with Crippen LogP contribution in [0.15, 0.2) is 48.5 Å². The van der Waals surface area contributed by atoms with Gasteiger partial charge in [-0.25, -0.2) is 0 Å². The van der Waals surface area contributed by atoms with Crippen molar-refractivity contribution < 1.29 is 18.0 Å². The molecule has 1 aliphatic rings. The lowest BCUT2D eigenvalue weighted by Gasteiger charge is -2.21. The van der Waals surface area contributed by atoms with Gasteiger partial charge in [0.15, 0.2) is 0 Å². The molecule has 3 rings (SSSR count). The van der Waals surface area contributed by atoms with Crippen LogP contribution in [0.4, 0.5) is 13.2 Å². The van der Waals surface area contributed by atoms with E-state index in [9.17, 15) is 18.0 Å². The van der Waals surface area contributed by atoms with Gasteiger partial charge in [0.2, 0.25) is 0 Å². The molecule has 1 heterocycles. The van der Waals surface area contributed by atoms with Crippen LogP contribution in [0.3, 0.4) is 0 Å². The molecule has 26 heavy (non-hydrogen) atoms. The average molecular weight is 405 g/mol. The maximum atomic E-state index is 13.0. The molecule has 0 unspecified atom stereocenters. The molecular weight excluding hydrogens is 388 g/mol. The molecule has 1 aliphatic heterocycles. The molecule has 0 radical (unpaired) electrons. The van der Waals surface area contributed by atoms with Gasteiger partial charge in [0.1, 0.15) is 0 Å². The van der Waals surface area contributed by atoms with Crippen molar-refractivity contribution in [1.82, 2.24) is 10.6 Å². The first-order chi connectivity index (χ1) is 11.9. The summed E-state index contributed by atoms with van der Waals surface area (Å²) in [5, 5.41) is 5.44. The molecular formula is C18H17Cl2F3N2O. The van der Waals surface area contributed by atoms with Gasteiger partial charge < -0.3 is 10.6 Å². The van der Waals surface area contributed by atoms with Crippen LogP contribution < -0.4 is 10.6 Å². The number of hydrogen-bond acceptors (Lipinski definition) is 2. The number of hydrogen-bond donors (Lipinski definition) is 2. The van der Waals surface area contributed by atoms with Crippen LogP contribution in [-0.2, 0) is 6.18 Å². The van der Waals surface area contributed by atoms with Crippen LogP contribution >= 0.6 is 24.0 Å². The zero-order valence-corrected chi connectivity index (χ0v) is 15.1. The van der Waals surface area contributed by atoms with E-state index >= 15 is 0 Å². The minimum absolute atomic E-state index is 0. The van der Waals surface area contributed by atoms with Crippen LogP contribution in [-0.4, -0.2) is 25.0 Å². The van der Waals surface area contributed by atoms with Crippen LogP contribution in [0.25, 0.3) is 0 Å². The lowest BCUT2D eigenvalue weighted by molar-refractivity contribution is -0.137. The minimum Gasteiger partial charge on any atom is -0.347 e. The van der Waals surface area contributed by atoms with Crippen molar-refractivity contribution in [3.63, 3.8) is 0 Å². The second-order valence-corrected chi connectivity index (χ2v) is 6.30. The van der Waals surface area contributed by atoms with Gasteiger partial charge in [-0.3, -0.25) is 4.79 Å². The highest BCUT2D eigenvalue weighted by molar-refractivity contribution is 6.34. The predicted molar refractivity (Wildman–Crippen MR) is 97.0 cm³/mol. The lowest BCUT2D eigenvalue weighted by atomic mass is 9.94. The molecule has 8 heteroatoms. The molecule has 3 nitrogen and oxygen atoms in total. The Morgan fingerprint density at radius 1 is 1.08 bits per heavy atom. The number of benzene rings is 2. The van der Waals surface area contributed by atoms with Gasteiger partial charge >= 0.3 is 6.18 Å². The zero-order valence-electron chi connectivity index (χ0n) is 13.5. The first-order valence-electron chi connectivity index (χ1n) is 7.80. The largest absolute Gasteiger partial charge is 0.417 e. The number of carbonyl (C=O) groups is 1. The van der Waals surface area contributed by atoms with Crippen LogP contribution in [0.2, 0.25) is 5.02 Å². The van der Waals surface area contributed by atoms with Crippen LogP contribution in [0.1, 0.15) is 27.4 Å². The van der Waals surface area contributed by atoms with Crippen molar-refractivity contribution in [3.8, 4) is 0 Å². The topological polar surface area (TPSA) is 41.1 Å². The van der Waals surface area contributed by atoms with E-state index in [0.29, 0.717) is 13.1 Å². The SMILES string of the molecule is Cl.O=C(N[C@@H]1CNC[C@H]1c1ccccc1)c1cccc(C(F)(F)F)c1Cl. The van der Waals surface area contributed by atoms with Gasteiger partial charge in [-0.05, 0) is 17.7 Å². The summed E-state index contributed by atoms with van der Waals surface area (Å²) < 4.78 is 38.9. The second kappa shape index (κ2) is 8.29. The van der Waals surface area contributed by atoms with Gasteiger partial charge in [0.05, 0.1) is 16.1 Å². The zero-order chi connectivity index (χ0) is 18.0. The van der Waals surface area contributed by atoms with Gasteiger partial charge in [0, 0.05) is 25.0 Å². The first kappa shape index (κ1) is 20.6. The fourth-order valence-electron chi connectivity index (χ4n) is 3.05. The summed E-state index contributed by atoms with van der Waals surface area (Å²) in [6.45, 7) is 1.23. The Morgan fingerprint density at radius 3 is 2.42 bits per heavy atom. The van der Waals surface area contributed by atoms with E-state index in [1.807, 2.05) is 30.3 Å². The van der Waals surface area contributed by atoms with Crippen molar-refractivity contribution in [3.05, 3.63) is 70.2 Å². The van der Waals surface area contributed by atoms with E-state index in [1.165, 1.54) is 12.1 Å². The van der Waals surface area contributed by atoms with E-state index in [0.717, 1.165) is 11.6 Å². The fraction of sp³-hybridized carbons (Fsp3) is 0.278. The molecule has 0 spiro atoms. The Hall–Kier alpha value is -1.76. The maximum Gasteiger partial charge on any atom is 0.417 e. The van der Waals surface area contributed by atoms with E-state index in [4.69, 9.17) is 11.6 Å². The summed E-state index contributed by atoms with van der Waals surface area (Å²) in [5.74, 6) is -0.555. The second-order valence-electron chi connectivity index (χ2n) is 5.92. The van der Waals surface area contributed by atoms with Gasteiger partial charge in [-0.15, -0.1) is 12.4 Å². The number of nitrogens with one attached hydrogen (secondary N) is 2. The number of halogens is 5. The molecule has 0 aliphatic carbocycles. The summed E-state index contributed by atoms with van der Waals surface area (Å²) in [6, 6.07) is 12.8. The highest BCUT2D eigenvalue weighted by Gasteiger charge is 2.35. The molecule has 0 bridgehead atoms. The number of amides is 1. The Morgan fingerprint density at radius 2 is 1.77 bits per heavy atom. The molecule has 2 atom stereocenters. The molecule has 1 fully saturated rings. The summed E-state index contributed by atoms with van der Waals surface area (Å²) >= 11 is 5.83. The monoisotopic (exact) mass is 404 g/mol. The maximum absolute atomic E-state index is 13.0. The highest BCUT2D eigenvalue weighted by Crippen LogP contribution is 2.36. The average Bonchev–Trinajstić information content (AvgIpc) is 3.02. The standard InChI is InChI=1S/C18H16ClF3N2O.ClH/c19-16-12(7-4-8-14(16)18(20,21)22)17(25)24-15-10-23-9-13(15)11-5-2-1-3-6-11;/h1-8,13,15,23H,9-10H2,(H,24,25);1H/t13-,15+;/m0./s1. The number of rotatable bonds is 3. The molecule has 2 aromatic rings. The molecule has 2 N–H and O–H groups in total. The van der Waals surface area contributed by atoms with Crippen molar-refractivity contribution in [1.29, 1.82) is 0 Å². The van der Waals surface area contributed by atoms with E-state index in [-0.39, 0.29) is 29.9 Å². The van der Waals surface area contributed by atoms with Crippen molar-refractivity contribution in [2.24, 2.45) is 0 Å². The Bertz CT molecular complexity index is 769. The Labute approximate surface area is 160 Å². The van der Waals surface area contributed by atoms with Gasteiger partial charge in [0.25, 0.3) is 5.91 Å². The molecule has 140 valence electrons. The third kappa shape index (κ3) is 4.31. The quantitative estimate of drug-likeness (QED) is 0.801. The van der Waals surface area contributed by atoms with Crippen molar-refractivity contribution >= 4 is 29.9 Å². The third-order valence-corrected chi connectivity index (χ3v) is 4.71.